The molecule has 35 heavy (non-hydrogen) atoms. The van der Waals surface area contributed by atoms with Crippen LogP contribution < -0.4 is 4.74 Å². The molecule has 188 valence electrons. The molecule has 3 nitrogen and oxygen atoms in total. The van der Waals surface area contributed by atoms with E-state index in [1.807, 2.05) is 18.2 Å². The summed E-state index contributed by atoms with van der Waals surface area (Å²) in [5, 5.41) is 9.75. The van der Waals surface area contributed by atoms with Gasteiger partial charge in [0.2, 0.25) is 0 Å². The van der Waals surface area contributed by atoms with Gasteiger partial charge >= 0.3 is 5.97 Å². The second-order valence-corrected chi connectivity index (χ2v) is 10.3. The summed E-state index contributed by atoms with van der Waals surface area (Å²) >= 11 is 0. The summed E-state index contributed by atoms with van der Waals surface area (Å²) in [5.41, 5.74) is 3.37. The van der Waals surface area contributed by atoms with Gasteiger partial charge in [0.25, 0.3) is 0 Å². The lowest BCUT2D eigenvalue weighted by Crippen LogP contribution is -2.41. The van der Waals surface area contributed by atoms with Gasteiger partial charge in [-0.15, -0.1) is 0 Å². The molecule has 1 aliphatic rings. The number of carbonyl (C=O) groups excluding carboxylic acids is 1. The molecule has 0 heterocycles. The summed E-state index contributed by atoms with van der Waals surface area (Å²) in [5.74, 6) is 0.187. The van der Waals surface area contributed by atoms with E-state index in [1.54, 1.807) is 0 Å². The maximum Gasteiger partial charge on any atom is 0.321 e. The molecule has 1 saturated carbocycles. The lowest BCUT2D eigenvalue weighted by atomic mass is 9.69. The summed E-state index contributed by atoms with van der Waals surface area (Å²) in [4.78, 5) is 13.7. The van der Waals surface area contributed by atoms with Crippen LogP contribution in [0.4, 0.5) is 0 Å². The van der Waals surface area contributed by atoms with E-state index in [0.29, 0.717) is 11.3 Å². The zero-order valence-corrected chi connectivity index (χ0v) is 21.9. The molecule has 0 atom stereocenters. The van der Waals surface area contributed by atoms with Gasteiger partial charge in [0, 0.05) is 0 Å². The zero-order valence-electron chi connectivity index (χ0n) is 21.9. The summed E-state index contributed by atoms with van der Waals surface area (Å²) in [6.45, 7) is 4.44. The van der Waals surface area contributed by atoms with E-state index < -0.39 is 5.41 Å². The Labute approximate surface area is 212 Å². The summed E-state index contributed by atoms with van der Waals surface area (Å²) in [6.07, 6.45) is 16.7. The predicted octanol–water partition coefficient (Wildman–Crippen LogP) is 8.61. The first-order valence-corrected chi connectivity index (χ1v) is 14.0. The minimum Gasteiger partial charge on any atom is -0.424 e. The summed E-state index contributed by atoms with van der Waals surface area (Å²) in [7, 11) is 0. The van der Waals surface area contributed by atoms with Crippen molar-refractivity contribution in [3.05, 3.63) is 64.7 Å². The summed E-state index contributed by atoms with van der Waals surface area (Å²) < 4.78 is 5.99. The van der Waals surface area contributed by atoms with Crippen LogP contribution in [0, 0.1) is 11.3 Å². The van der Waals surface area contributed by atoms with Crippen LogP contribution in [-0.4, -0.2) is 5.97 Å². The first-order chi connectivity index (χ1) is 17.1. The van der Waals surface area contributed by atoms with E-state index in [9.17, 15) is 10.1 Å². The molecule has 1 fully saturated rings. The van der Waals surface area contributed by atoms with Crippen molar-refractivity contribution in [2.45, 2.75) is 116 Å². The number of esters is 1. The number of ether oxygens (including phenoxy) is 1. The Morgan fingerprint density at radius 2 is 1.43 bits per heavy atom. The topological polar surface area (TPSA) is 50.1 Å². The molecule has 0 saturated heterocycles. The Balaban J connectivity index is 1.74. The molecule has 2 aromatic carbocycles. The molecule has 3 rings (SSSR count). The van der Waals surface area contributed by atoms with Crippen molar-refractivity contribution in [3.8, 4) is 11.8 Å². The Hall–Kier alpha value is -2.60. The van der Waals surface area contributed by atoms with Crippen molar-refractivity contribution in [1.82, 2.24) is 0 Å². The van der Waals surface area contributed by atoms with Crippen LogP contribution in [0.1, 0.15) is 120 Å². The maximum atomic E-state index is 13.7. The number of hydrogen-bond acceptors (Lipinski definition) is 3. The second kappa shape index (κ2) is 14.1. The highest BCUT2D eigenvalue weighted by molar-refractivity contribution is 5.85. The number of nitrogens with zero attached hydrogens (tertiary/aromatic N) is 1. The highest BCUT2D eigenvalue weighted by atomic mass is 16.5. The van der Waals surface area contributed by atoms with Gasteiger partial charge in [-0.2, -0.15) is 5.26 Å². The first-order valence-electron chi connectivity index (χ1n) is 14.0. The van der Waals surface area contributed by atoms with Gasteiger partial charge in [-0.25, -0.2) is 0 Å². The minimum absolute atomic E-state index is 0.208. The molecule has 3 heteroatoms. The zero-order chi connectivity index (χ0) is 24.9. The number of hydrogen-bond donors (Lipinski definition) is 0. The third kappa shape index (κ3) is 7.44. The fraction of sp³-hybridized carbons (Fsp3) is 0.562. The Morgan fingerprint density at radius 3 is 2.03 bits per heavy atom. The molecule has 0 N–H and O–H groups in total. The molecule has 1 aliphatic carbocycles. The molecule has 2 aromatic rings. The molecule has 0 radical (unpaired) electrons. The van der Waals surface area contributed by atoms with Crippen molar-refractivity contribution in [1.29, 1.82) is 5.26 Å². The SMILES string of the molecule is CCCCCCc1ccc(C2(C(=O)Oc3ccc(CCCCCC)cc3C#N)CCCCC2)cc1. The lowest BCUT2D eigenvalue weighted by molar-refractivity contribution is -0.142. The van der Waals surface area contributed by atoms with Crippen molar-refractivity contribution < 1.29 is 9.53 Å². The Morgan fingerprint density at radius 1 is 0.829 bits per heavy atom. The Kier molecular flexibility index (Phi) is 10.9. The van der Waals surface area contributed by atoms with Gasteiger partial charge in [0.15, 0.2) is 0 Å². The summed E-state index contributed by atoms with van der Waals surface area (Å²) in [6, 6.07) is 16.7. The van der Waals surface area contributed by atoms with Crippen LogP contribution in [-0.2, 0) is 23.1 Å². The molecular weight excluding hydrogens is 430 g/mol. The average Bonchev–Trinajstić information content (AvgIpc) is 2.90. The van der Waals surface area contributed by atoms with E-state index in [-0.39, 0.29) is 5.97 Å². The van der Waals surface area contributed by atoms with Gasteiger partial charge < -0.3 is 4.74 Å². The first kappa shape index (κ1) is 27.0. The van der Waals surface area contributed by atoms with Gasteiger partial charge in [0.1, 0.15) is 11.8 Å². The van der Waals surface area contributed by atoms with Crippen molar-refractivity contribution in [3.63, 3.8) is 0 Å². The number of benzene rings is 2. The van der Waals surface area contributed by atoms with E-state index >= 15 is 0 Å². The van der Waals surface area contributed by atoms with Crippen LogP contribution in [0.15, 0.2) is 42.5 Å². The fourth-order valence-corrected chi connectivity index (χ4v) is 5.37. The van der Waals surface area contributed by atoms with Gasteiger partial charge in [0.05, 0.1) is 11.0 Å². The normalized spacial score (nSPS) is 14.9. The van der Waals surface area contributed by atoms with E-state index in [1.165, 1.54) is 50.5 Å². The third-order valence-corrected chi connectivity index (χ3v) is 7.61. The number of unbranched alkanes of at least 4 members (excludes halogenated alkanes) is 6. The number of carbonyl (C=O) groups is 1. The fourth-order valence-electron chi connectivity index (χ4n) is 5.37. The molecule has 0 spiro atoms. The van der Waals surface area contributed by atoms with Crippen LogP contribution in [0.3, 0.4) is 0 Å². The Bertz CT molecular complexity index is 964. The highest BCUT2D eigenvalue weighted by Gasteiger charge is 2.43. The van der Waals surface area contributed by atoms with E-state index in [0.717, 1.165) is 62.5 Å². The molecule has 0 bridgehead atoms. The van der Waals surface area contributed by atoms with E-state index in [4.69, 9.17) is 4.74 Å². The second-order valence-electron chi connectivity index (χ2n) is 10.3. The average molecular weight is 474 g/mol. The van der Waals surface area contributed by atoms with Gasteiger partial charge in [-0.05, 0) is 67.3 Å². The molecular formula is C32H43NO2. The van der Waals surface area contributed by atoms with Crippen LogP contribution in [0.25, 0.3) is 0 Å². The number of nitriles is 1. The quantitative estimate of drug-likeness (QED) is 0.166. The van der Waals surface area contributed by atoms with Crippen LogP contribution in [0.5, 0.6) is 5.75 Å². The van der Waals surface area contributed by atoms with Crippen molar-refractivity contribution in [2.75, 3.05) is 0 Å². The molecule has 0 unspecified atom stereocenters. The maximum absolute atomic E-state index is 13.7. The van der Waals surface area contributed by atoms with E-state index in [2.05, 4.69) is 44.2 Å². The molecule has 0 aromatic heterocycles. The molecule has 0 amide bonds. The lowest BCUT2D eigenvalue weighted by Gasteiger charge is -2.35. The predicted molar refractivity (Wildman–Crippen MR) is 144 cm³/mol. The largest absolute Gasteiger partial charge is 0.424 e. The van der Waals surface area contributed by atoms with Crippen molar-refractivity contribution >= 4 is 5.97 Å². The molecule has 0 aliphatic heterocycles. The highest BCUT2D eigenvalue weighted by Crippen LogP contribution is 2.41. The monoisotopic (exact) mass is 473 g/mol. The number of rotatable bonds is 13. The van der Waals surface area contributed by atoms with Gasteiger partial charge in [-0.3, -0.25) is 4.79 Å². The van der Waals surface area contributed by atoms with Gasteiger partial charge in [-0.1, -0.05) is 102 Å². The number of aryl methyl sites for hydroxylation is 2. The minimum atomic E-state index is -0.620. The van der Waals surface area contributed by atoms with Crippen molar-refractivity contribution in [2.24, 2.45) is 0 Å². The standard InChI is InChI=1S/C32H43NO2/c1-3-5-7-10-14-26-16-19-29(20-17-26)32(22-12-9-13-23-32)31(34)35-30-21-18-27(24-28(30)25-33)15-11-8-6-4-2/h16-21,24H,3-15,22-23H2,1-2H3. The smallest absolute Gasteiger partial charge is 0.321 e. The van der Waals surface area contributed by atoms with Crippen LogP contribution in [0.2, 0.25) is 0 Å². The van der Waals surface area contributed by atoms with Crippen LogP contribution >= 0.6 is 0 Å². The third-order valence-electron chi connectivity index (χ3n) is 7.61.